The Hall–Kier alpha value is -1.40. The molecular weight excluding hydrogens is 743 g/mol. The Morgan fingerprint density at radius 1 is 0.467 bits per heavy atom. The van der Waals surface area contributed by atoms with E-state index in [2.05, 4.69) is 38.2 Å². The molecule has 0 aromatic heterocycles. The molecule has 0 fully saturated rings. The van der Waals surface area contributed by atoms with Crippen LogP contribution in [0.1, 0.15) is 297 Å². The lowest BCUT2D eigenvalue weighted by Crippen LogP contribution is -2.46. The maximum Gasteiger partial charge on any atom is 0.306 e. The van der Waals surface area contributed by atoms with Crippen LogP contribution in [-0.2, 0) is 14.3 Å². The zero-order valence-corrected chi connectivity index (χ0v) is 40.6. The average Bonchev–Trinajstić information content (AvgIpc) is 3.24. The van der Waals surface area contributed by atoms with Crippen molar-refractivity contribution in [2.75, 3.05) is 6.61 Å². The number of esters is 1. The molecule has 0 aromatic carbocycles. The summed E-state index contributed by atoms with van der Waals surface area (Å²) >= 11 is 0. The number of carbonyl (C=O) groups is 2. The fraction of sp³-hybridized carbons (Fsp3) is 0.926. The Morgan fingerprint density at radius 2 is 0.817 bits per heavy atom. The predicted octanol–water partition coefficient (Wildman–Crippen LogP) is 16.1. The first-order chi connectivity index (χ1) is 29.5. The van der Waals surface area contributed by atoms with E-state index in [1.54, 1.807) is 0 Å². The van der Waals surface area contributed by atoms with Gasteiger partial charge >= 0.3 is 5.97 Å². The number of aliphatic hydroxyl groups is 2. The predicted molar refractivity (Wildman–Crippen MR) is 260 cm³/mol. The van der Waals surface area contributed by atoms with E-state index in [-0.39, 0.29) is 24.9 Å². The summed E-state index contributed by atoms with van der Waals surface area (Å²) in [6, 6.07) is -0.703. The molecule has 60 heavy (non-hydrogen) atoms. The van der Waals surface area contributed by atoms with Crippen molar-refractivity contribution in [3.63, 3.8) is 0 Å². The summed E-state index contributed by atoms with van der Waals surface area (Å²) in [5.41, 5.74) is 0. The van der Waals surface area contributed by atoms with Gasteiger partial charge in [0, 0.05) is 6.42 Å². The van der Waals surface area contributed by atoms with Crippen molar-refractivity contribution in [3.8, 4) is 0 Å². The number of hydrogen-bond acceptors (Lipinski definition) is 5. The highest BCUT2D eigenvalue weighted by atomic mass is 16.5. The Labute approximate surface area is 374 Å². The average molecular weight is 848 g/mol. The molecule has 0 aliphatic heterocycles. The molecule has 6 heteroatoms. The van der Waals surface area contributed by atoms with Gasteiger partial charge in [-0.2, -0.15) is 0 Å². The van der Waals surface area contributed by atoms with Gasteiger partial charge in [-0.3, -0.25) is 9.59 Å². The van der Waals surface area contributed by atoms with E-state index in [9.17, 15) is 19.8 Å². The molecule has 3 unspecified atom stereocenters. The maximum atomic E-state index is 13.2. The van der Waals surface area contributed by atoms with Gasteiger partial charge in [0.2, 0.25) is 5.91 Å². The van der Waals surface area contributed by atoms with Gasteiger partial charge in [0.25, 0.3) is 0 Å². The Kier molecular flexibility index (Phi) is 47.5. The molecule has 3 atom stereocenters. The molecule has 6 nitrogen and oxygen atoms in total. The van der Waals surface area contributed by atoms with Gasteiger partial charge < -0.3 is 20.3 Å². The molecule has 0 rings (SSSR count). The van der Waals surface area contributed by atoms with Crippen LogP contribution >= 0.6 is 0 Å². The standard InChI is InChI=1S/C54H105NO5/c1-4-7-10-13-16-19-22-24-25-26-27-29-31-34-37-40-43-46-52(57)51(49-56)55-53(58)48-50(45-42-39-36-33-30-21-18-15-12-9-6-3)60-54(59)47-44-41-38-35-32-28-23-20-17-14-11-8-5-2/h33,36,50-52,56-57H,4-32,34-35,37-49H2,1-3H3,(H,55,58)/b36-33-. The number of carbonyl (C=O) groups excluding carboxylic acids is 2. The molecule has 0 aliphatic rings. The molecule has 0 spiro atoms. The lowest BCUT2D eigenvalue weighted by Gasteiger charge is -2.24. The molecule has 1 amide bonds. The monoisotopic (exact) mass is 848 g/mol. The largest absolute Gasteiger partial charge is 0.462 e. The van der Waals surface area contributed by atoms with E-state index in [0.717, 1.165) is 51.4 Å². The molecule has 0 radical (unpaired) electrons. The van der Waals surface area contributed by atoms with E-state index in [0.29, 0.717) is 19.3 Å². The molecule has 0 bridgehead atoms. The summed E-state index contributed by atoms with van der Waals surface area (Å²) in [7, 11) is 0. The summed E-state index contributed by atoms with van der Waals surface area (Å²) in [5.74, 6) is -0.486. The zero-order chi connectivity index (χ0) is 43.8. The van der Waals surface area contributed by atoms with E-state index in [1.165, 1.54) is 199 Å². The second-order valence-corrected chi connectivity index (χ2v) is 18.6. The molecular formula is C54H105NO5. The van der Waals surface area contributed by atoms with Crippen LogP contribution in [0.25, 0.3) is 0 Å². The van der Waals surface area contributed by atoms with Crippen LogP contribution in [0.15, 0.2) is 12.2 Å². The smallest absolute Gasteiger partial charge is 0.306 e. The first-order valence-corrected chi connectivity index (χ1v) is 26.9. The molecule has 0 aliphatic carbocycles. The number of rotatable bonds is 49. The van der Waals surface area contributed by atoms with Crippen molar-refractivity contribution in [1.82, 2.24) is 5.32 Å². The van der Waals surface area contributed by atoms with Gasteiger partial charge in [0.15, 0.2) is 0 Å². The summed E-state index contributed by atoms with van der Waals surface area (Å²) in [6.07, 6.45) is 54.2. The van der Waals surface area contributed by atoms with Crippen LogP contribution in [0.2, 0.25) is 0 Å². The first-order valence-electron chi connectivity index (χ1n) is 26.9. The van der Waals surface area contributed by atoms with Crippen LogP contribution in [0, 0.1) is 0 Å². The number of unbranched alkanes of at least 4 members (excludes halogenated alkanes) is 35. The van der Waals surface area contributed by atoms with E-state index in [1.807, 2.05) is 0 Å². The second-order valence-electron chi connectivity index (χ2n) is 18.6. The summed E-state index contributed by atoms with van der Waals surface area (Å²) < 4.78 is 5.91. The van der Waals surface area contributed by atoms with Gasteiger partial charge in [0.05, 0.1) is 25.2 Å². The van der Waals surface area contributed by atoms with Crippen LogP contribution < -0.4 is 5.32 Å². The Bertz CT molecular complexity index is 909. The van der Waals surface area contributed by atoms with E-state index in [4.69, 9.17) is 4.74 Å². The summed E-state index contributed by atoms with van der Waals surface area (Å²) in [5, 5.41) is 23.8. The molecule has 3 N–H and O–H groups in total. The highest BCUT2D eigenvalue weighted by Gasteiger charge is 2.24. The van der Waals surface area contributed by atoms with Crippen LogP contribution in [0.5, 0.6) is 0 Å². The third kappa shape index (κ3) is 43.3. The number of nitrogens with one attached hydrogen (secondary N) is 1. The van der Waals surface area contributed by atoms with Crippen LogP contribution in [-0.4, -0.2) is 46.9 Å². The Balaban J connectivity index is 4.45. The minimum absolute atomic E-state index is 0.0637. The number of allylic oxidation sites excluding steroid dienone is 2. The topological polar surface area (TPSA) is 95.9 Å². The lowest BCUT2D eigenvalue weighted by atomic mass is 10.0. The third-order valence-electron chi connectivity index (χ3n) is 12.6. The van der Waals surface area contributed by atoms with Crippen LogP contribution in [0.4, 0.5) is 0 Å². The minimum atomic E-state index is -0.788. The van der Waals surface area contributed by atoms with Crippen molar-refractivity contribution < 1.29 is 24.5 Å². The van der Waals surface area contributed by atoms with Gasteiger partial charge in [-0.05, 0) is 44.9 Å². The highest BCUT2D eigenvalue weighted by molar-refractivity contribution is 5.77. The fourth-order valence-electron chi connectivity index (χ4n) is 8.49. The molecule has 0 saturated carbocycles. The molecule has 0 heterocycles. The summed E-state index contributed by atoms with van der Waals surface area (Å²) in [4.78, 5) is 26.1. The second kappa shape index (κ2) is 48.6. The highest BCUT2D eigenvalue weighted by Crippen LogP contribution is 2.18. The fourth-order valence-corrected chi connectivity index (χ4v) is 8.49. The van der Waals surface area contributed by atoms with Gasteiger partial charge in [0.1, 0.15) is 6.10 Å². The number of aliphatic hydroxyl groups excluding tert-OH is 2. The van der Waals surface area contributed by atoms with Crippen molar-refractivity contribution >= 4 is 11.9 Å². The summed E-state index contributed by atoms with van der Waals surface area (Å²) in [6.45, 7) is 6.49. The molecule has 0 aromatic rings. The van der Waals surface area contributed by atoms with Crippen LogP contribution in [0.3, 0.4) is 0 Å². The number of amides is 1. The van der Waals surface area contributed by atoms with Gasteiger partial charge in [-0.15, -0.1) is 0 Å². The quantitative estimate of drug-likeness (QED) is 0.0322. The molecule has 356 valence electrons. The van der Waals surface area contributed by atoms with E-state index >= 15 is 0 Å². The minimum Gasteiger partial charge on any atom is -0.462 e. The van der Waals surface area contributed by atoms with Crippen molar-refractivity contribution in [1.29, 1.82) is 0 Å². The Morgan fingerprint density at radius 3 is 1.22 bits per heavy atom. The maximum absolute atomic E-state index is 13.2. The van der Waals surface area contributed by atoms with Gasteiger partial charge in [-0.25, -0.2) is 0 Å². The zero-order valence-electron chi connectivity index (χ0n) is 40.6. The molecule has 0 saturated heterocycles. The number of hydrogen-bond donors (Lipinski definition) is 3. The van der Waals surface area contributed by atoms with Crippen molar-refractivity contribution in [2.24, 2.45) is 0 Å². The van der Waals surface area contributed by atoms with Crippen molar-refractivity contribution in [2.45, 2.75) is 315 Å². The lowest BCUT2D eigenvalue weighted by molar-refractivity contribution is -0.151. The first kappa shape index (κ1) is 58.6. The SMILES string of the molecule is CCCCCCCC/C=C\CCCC(CC(=O)NC(CO)C(O)CCCCCCCCCCCCCCCCCCC)OC(=O)CCCCCCCCCCCCCCC. The van der Waals surface area contributed by atoms with Crippen molar-refractivity contribution in [3.05, 3.63) is 12.2 Å². The van der Waals surface area contributed by atoms with Gasteiger partial charge in [-0.1, -0.05) is 251 Å². The number of ether oxygens (including phenoxy) is 1. The normalized spacial score (nSPS) is 13.2. The third-order valence-corrected chi connectivity index (χ3v) is 12.6. The van der Waals surface area contributed by atoms with E-state index < -0.39 is 18.2 Å².